The molecule has 0 saturated carbocycles. The number of amides is 1. The molecule has 1 fully saturated rings. The second kappa shape index (κ2) is 7.39. The highest BCUT2D eigenvalue weighted by molar-refractivity contribution is 5.93. The van der Waals surface area contributed by atoms with Crippen LogP contribution in [-0.4, -0.2) is 55.9 Å². The summed E-state index contributed by atoms with van der Waals surface area (Å²) in [5.74, 6) is 2.19. The largest absolute Gasteiger partial charge is 0.467 e. The molecule has 0 bridgehead atoms. The number of hydrogen-bond donors (Lipinski definition) is 0. The number of rotatable bonds is 5. The molecule has 7 nitrogen and oxygen atoms in total. The monoisotopic (exact) mass is 358 g/mol. The summed E-state index contributed by atoms with van der Waals surface area (Å²) in [6, 6.07) is 7.55. The zero-order chi connectivity index (χ0) is 17.9. The maximum Gasteiger partial charge on any atom is 0.257 e. The highest BCUT2D eigenvalue weighted by Crippen LogP contribution is 2.32. The van der Waals surface area contributed by atoms with E-state index in [1.165, 1.54) is 6.26 Å². The molecule has 7 heteroatoms. The molecule has 0 atom stereocenters. The van der Waals surface area contributed by atoms with Crippen molar-refractivity contribution in [1.82, 2.24) is 9.80 Å². The van der Waals surface area contributed by atoms with Crippen LogP contribution in [0.2, 0.25) is 0 Å². The lowest BCUT2D eigenvalue weighted by molar-refractivity contribution is 0.0313. The Hall–Kier alpha value is -2.51. The van der Waals surface area contributed by atoms with Gasteiger partial charge in [-0.05, 0) is 23.8 Å². The van der Waals surface area contributed by atoms with Crippen molar-refractivity contribution in [3.05, 3.63) is 47.4 Å². The zero-order valence-corrected chi connectivity index (χ0v) is 14.8. The first-order chi connectivity index (χ1) is 12.7. The molecule has 4 rings (SSSR count). The van der Waals surface area contributed by atoms with Gasteiger partial charge in [0.1, 0.15) is 12.0 Å². The molecule has 0 spiro atoms. The maximum atomic E-state index is 12.7. The molecule has 2 aliphatic rings. The van der Waals surface area contributed by atoms with Crippen molar-refractivity contribution in [2.24, 2.45) is 0 Å². The smallest absolute Gasteiger partial charge is 0.257 e. The Labute approximate surface area is 152 Å². The summed E-state index contributed by atoms with van der Waals surface area (Å²) in [4.78, 5) is 16.6. The van der Waals surface area contributed by atoms with Crippen LogP contribution in [0.25, 0.3) is 0 Å². The van der Waals surface area contributed by atoms with E-state index in [9.17, 15) is 4.79 Å². The lowest BCUT2D eigenvalue weighted by Gasteiger charge is -2.25. The fraction of sp³-hybridized carbons (Fsp3) is 0.421. The number of furan rings is 1. The summed E-state index contributed by atoms with van der Waals surface area (Å²) < 4.78 is 21.6. The summed E-state index contributed by atoms with van der Waals surface area (Å²) in [5.41, 5.74) is 1.55. The lowest BCUT2D eigenvalue weighted by atomic mass is 10.2. The molecule has 0 unspecified atom stereocenters. The van der Waals surface area contributed by atoms with Crippen LogP contribution in [0.5, 0.6) is 11.5 Å². The fourth-order valence-electron chi connectivity index (χ4n) is 3.16. The zero-order valence-electron chi connectivity index (χ0n) is 14.8. The first-order valence-electron chi connectivity index (χ1n) is 8.70. The van der Waals surface area contributed by atoms with Crippen molar-refractivity contribution in [3.8, 4) is 11.5 Å². The molecule has 2 aliphatic heterocycles. The second-order valence-electron chi connectivity index (χ2n) is 6.54. The van der Waals surface area contributed by atoms with Gasteiger partial charge >= 0.3 is 0 Å². The summed E-state index contributed by atoms with van der Waals surface area (Å²) in [5, 5.41) is 0. The van der Waals surface area contributed by atoms with Gasteiger partial charge in [-0.3, -0.25) is 9.69 Å². The second-order valence-corrected chi connectivity index (χ2v) is 6.54. The molecule has 1 aromatic carbocycles. The highest BCUT2D eigenvalue weighted by Gasteiger charge is 2.19. The van der Waals surface area contributed by atoms with Crippen LogP contribution in [0.1, 0.15) is 21.7 Å². The van der Waals surface area contributed by atoms with E-state index in [0.29, 0.717) is 18.7 Å². The molecule has 1 amide bonds. The number of carbonyl (C=O) groups is 1. The third-order valence-corrected chi connectivity index (χ3v) is 4.59. The predicted octanol–water partition coefficient (Wildman–Crippen LogP) is 2.11. The summed E-state index contributed by atoms with van der Waals surface area (Å²) in [6.07, 6.45) is 1.54. The van der Waals surface area contributed by atoms with Crippen molar-refractivity contribution >= 4 is 5.91 Å². The van der Waals surface area contributed by atoms with Crippen molar-refractivity contribution in [3.63, 3.8) is 0 Å². The third kappa shape index (κ3) is 3.68. The maximum absolute atomic E-state index is 12.7. The summed E-state index contributed by atoms with van der Waals surface area (Å²) in [7, 11) is 1.78. The van der Waals surface area contributed by atoms with Crippen LogP contribution in [0.3, 0.4) is 0 Å². The average molecular weight is 358 g/mol. The Kier molecular flexibility index (Phi) is 4.81. The van der Waals surface area contributed by atoms with E-state index < -0.39 is 0 Å². The van der Waals surface area contributed by atoms with Crippen molar-refractivity contribution < 1.29 is 23.4 Å². The van der Waals surface area contributed by atoms with Crippen molar-refractivity contribution in [1.29, 1.82) is 0 Å². The van der Waals surface area contributed by atoms with E-state index in [0.717, 1.165) is 49.1 Å². The molecule has 1 saturated heterocycles. The molecule has 0 aliphatic carbocycles. The molecular weight excluding hydrogens is 336 g/mol. The van der Waals surface area contributed by atoms with E-state index in [1.807, 2.05) is 24.3 Å². The number of morpholine rings is 1. The number of hydrogen-bond acceptors (Lipinski definition) is 6. The first-order valence-corrected chi connectivity index (χ1v) is 8.70. The minimum absolute atomic E-state index is 0.0698. The topological polar surface area (TPSA) is 64.4 Å². The Morgan fingerprint density at radius 2 is 1.96 bits per heavy atom. The molecule has 138 valence electrons. The van der Waals surface area contributed by atoms with Gasteiger partial charge in [0.15, 0.2) is 11.5 Å². The minimum atomic E-state index is -0.0698. The first kappa shape index (κ1) is 16.9. The van der Waals surface area contributed by atoms with Gasteiger partial charge in [-0.2, -0.15) is 0 Å². The molecule has 3 heterocycles. The Morgan fingerprint density at radius 3 is 2.81 bits per heavy atom. The number of benzene rings is 1. The van der Waals surface area contributed by atoms with Crippen molar-refractivity contribution in [2.45, 2.75) is 13.1 Å². The van der Waals surface area contributed by atoms with Gasteiger partial charge in [-0.1, -0.05) is 6.07 Å². The minimum Gasteiger partial charge on any atom is -0.467 e. The van der Waals surface area contributed by atoms with E-state index in [-0.39, 0.29) is 12.7 Å². The van der Waals surface area contributed by atoms with Gasteiger partial charge in [-0.15, -0.1) is 0 Å². The van der Waals surface area contributed by atoms with Gasteiger partial charge in [0, 0.05) is 26.7 Å². The van der Waals surface area contributed by atoms with E-state index in [1.54, 1.807) is 11.9 Å². The van der Waals surface area contributed by atoms with Crippen LogP contribution in [0.4, 0.5) is 0 Å². The van der Waals surface area contributed by atoms with Gasteiger partial charge in [0.25, 0.3) is 5.91 Å². The predicted molar refractivity (Wildman–Crippen MR) is 93.2 cm³/mol. The van der Waals surface area contributed by atoms with Crippen molar-refractivity contribution in [2.75, 3.05) is 40.1 Å². The standard InChI is InChI=1S/C19H22N2O5/c1-20(10-14-2-3-17-18(8-14)26-13-25-17)19(22)15-9-16(24-12-15)11-21-4-6-23-7-5-21/h2-3,8-9,12H,4-7,10-11,13H2,1H3. The van der Waals surface area contributed by atoms with Crippen LogP contribution in [0, 0.1) is 0 Å². The van der Waals surface area contributed by atoms with Crippen LogP contribution >= 0.6 is 0 Å². The van der Waals surface area contributed by atoms with Crippen LogP contribution < -0.4 is 9.47 Å². The van der Waals surface area contributed by atoms with Gasteiger partial charge < -0.3 is 23.5 Å². The van der Waals surface area contributed by atoms with Gasteiger partial charge in [0.05, 0.1) is 25.3 Å². The van der Waals surface area contributed by atoms with Gasteiger partial charge in [-0.25, -0.2) is 0 Å². The quantitative estimate of drug-likeness (QED) is 0.816. The molecule has 0 radical (unpaired) electrons. The van der Waals surface area contributed by atoms with E-state index in [2.05, 4.69) is 4.90 Å². The Bertz CT molecular complexity index is 782. The molecule has 26 heavy (non-hydrogen) atoms. The number of fused-ring (bicyclic) bond motifs is 1. The molecular formula is C19H22N2O5. The Morgan fingerprint density at radius 1 is 1.15 bits per heavy atom. The lowest BCUT2D eigenvalue weighted by Crippen LogP contribution is -2.35. The molecule has 1 aromatic heterocycles. The summed E-state index contributed by atoms with van der Waals surface area (Å²) in [6.45, 7) is 4.67. The number of ether oxygens (including phenoxy) is 3. The van der Waals surface area contributed by atoms with E-state index >= 15 is 0 Å². The van der Waals surface area contributed by atoms with Crippen LogP contribution in [0.15, 0.2) is 34.9 Å². The normalized spacial score (nSPS) is 16.7. The fourth-order valence-corrected chi connectivity index (χ4v) is 3.16. The van der Waals surface area contributed by atoms with Crippen LogP contribution in [-0.2, 0) is 17.8 Å². The Balaban J connectivity index is 1.37. The molecule has 2 aromatic rings. The highest BCUT2D eigenvalue weighted by atomic mass is 16.7. The van der Waals surface area contributed by atoms with E-state index in [4.69, 9.17) is 18.6 Å². The third-order valence-electron chi connectivity index (χ3n) is 4.59. The molecule has 0 N–H and O–H groups in total. The number of nitrogens with zero attached hydrogens (tertiary/aromatic N) is 2. The summed E-state index contributed by atoms with van der Waals surface area (Å²) >= 11 is 0. The van der Waals surface area contributed by atoms with Gasteiger partial charge in [0.2, 0.25) is 6.79 Å². The number of carbonyl (C=O) groups excluding carboxylic acids is 1. The SMILES string of the molecule is CN(Cc1ccc2c(c1)OCO2)C(=O)c1coc(CN2CCOCC2)c1. The average Bonchev–Trinajstić information content (AvgIpc) is 3.31.